The molecule has 0 unspecified atom stereocenters. The van der Waals surface area contributed by atoms with Gasteiger partial charge in [0.15, 0.2) is 0 Å². The first-order valence-electron chi connectivity index (χ1n) is 8.51. The minimum Gasteiger partial charge on any atom is -0.495 e. The van der Waals surface area contributed by atoms with Crippen molar-refractivity contribution in [2.45, 2.75) is 11.1 Å². The average Bonchev–Trinajstić information content (AvgIpc) is 2.70. The van der Waals surface area contributed by atoms with Crippen LogP contribution in [0, 0.1) is 11.8 Å². The highest BCUT2D eigenvalue weighted by atomic mass is 32.2. The van der Waals surface area contributed by atoms with Crippen molar-refractivity contribution >= 4 is 15.9 Å². The topological polar surface area (TPSA) is 75.7 Å². The van der Waals surface area contributed by atoms with E-state index in [4.69, 9.17) is 4.74 Å². The summed E-state index contributed by atoms with van der Waals surface area (Å²) in [6, 6.07) is 8.46. The quantitative estimate of drug-likeness (QED) is 0.726. The molecule has 0 bridgehead atoms. The van der Waals surface area contributed by atoms with E-state index >= 15 is 0 Å². The normalized spacial score (nSPS) is 11.6. The highest BCUT2D eigenvalue weighted by molar-refractivity contribution is 7.89. The van der Waals surface area contributed by atoms with Gasteiger partial charge in [0.2, 0.25) is 10.0 Å². The zero-order valence-corrected chi connectivity index (χ0v) is 17.2. The number of rotatable bonds is 5. The van der Waals surface area contributed by atoms with Crippen molar-refractivity contribution in [2.75, 3.05) is 27.7 Å². The number of alkyl halides is 3. The van der Waals surface area contributed by atoms with Crippen LogP contribution in [0.15, 0.2) is 47.4 Å². The van der Waals surface area contributed by atoms with Crippen LogP contribution in [0.25, 0.3) is 0 Å². The van der Waals surface area contributed by atoms with E-state index in [2.05, 4.69) is 17.2 Å². The van der Waals surface area contributed by atoms with Crippen LogP contribution < -0.4 is 10.1 Å². The molecule has 0 aliphatic carbocycles. The van der Waals surface area contributed by atoms with Gasteiger partial charge < -0.3 is 10.1 Å². The SMILES string of the molecule is COc1ccc(C(=O)NCC#Cc2cccc(C(F)(F)F)c2)cc1S(=O)(=O)N(C)C. The Morgan fingerprint density at radius 2 is 1.87 bits per heavy atom. The summed E-state index contributed by atoms with van der Waals surface area (Å²) in [5.41, 5.74) is -0.592. The zero-order chi connectivity index (χ0) is 22.5. The number of nitrogens with zero attached hydrogens (tertiary/aromatic N) is 1. The number of hydrogen-bond acceptors (Lipinski definition) is 4. The molecule has 0 atom stereocenters. The number of benzene rings is 2. The van der Waals surface area contributed by atoms with Gasteiger partial charge in [0.1, 0.15) is 10.6 Å². The van der Waals surface area contributed by atoms with Gasteiger partial charge in [-0.15, -0.1) is 0 Å². The minimum absolute atomic E-state index is 0.0668. The fourth-order valence-electron chi connectivity index (χ4n) is 2.36. The first-order valence-corrected chi connectivity index (χ1v) is 9.95. The van der Waals surface area contributed by atoms with E-state index < -0.39 is 27.7 Å². The number of carbonyl (C=O) groups excluding carboxylic acids is 1. The van der Waals surface area contributed by atoms with Crippen LogP contribution in [-0.2, 0) is 16.2 Å². The van der Waals surface area contributed by atoms with Crippen molar-refractivity contribution in [3.8, 4) is 17.6 Å². The molecule has 6 nitrogen and oxygen atoms in total. The Kier molecular flexibility index (Phi) is 7.12. The van der Waals surface area contributed by atoms with E-state index in [0.717, 1.165) is 16.4 Å². The first kappa shape index (κ1) is 23.3. The summed E-state index contributed by atoms with van der Waals surface area (Å²) in [5, 5.41) is 2.48. The van der Waals surface area contributed by atoms with E-state index in [9.17, 15) is 26.4 Å². The number of methoxy groups -OCH3 is 1. The molecule has 1 N–H and O–H groups in total. The second-order valence-electron chi connectivity index (χ2n) is 6.22. The lowest BCUT2D eigenvalue weighted by molar-refractivity contribution is -0.137. The highest BCUT2D eigenvalue weighted by Gasteiger charge is 2.30. The van der Waals surface area contributed by atoms with Crippen LogP contribution in [0.2, 0.25) is 0 Å². The lowest BCUT2D eigenvalue weighted by atomic mass is 10.1. The van der Waals surface area contributed by atoms with Crippen molar-refractivity contribution in [3.05, 3.63) is 59.2 Å². The monoisotopic (exact) mass is 440 g/mol. The van der Waals surface area contributed by atoms with Crippen LogP contribution in [0.1, 0.15) is 21.5 Å². The Balaban J connectivity index is 2.15. The van der Waals surface area contributed by atoms with E-state index in [0.29, 0.717) is 0 Å². The predicted molar refractivity (Wildman–Crippen MR) is 105 cm³/mol. The van der Waals surface area contributed by atoms with Crippen LogP contribution in [0.5, 0.6) is 5.75 Å². The summed E-state index contributed by atoms with van der Waals surface area (Å²) < 4.78 is 69.0. The molecule has 0 saturated heterocycles. The van der Waals surface area contributed by atoms with Crippen LogP contribution >= 0.6 is 0 Å². The van der Waals surface area contributed by atoms with Crippen molar-refractivity contribution in [1.82, 2.24) is 9.62 Å². The summed E-state index contributed by atoms with van der Waals surface area (Å²) in [4.78, 5) is 12.1. The third-order valence-corrected chi connectivity index (χ3v) is 5.78. The lowest BCUT2D eigenvalue weighted by Crippen LogP contribution is -2.26. The van der Waals surface area contributed by atoms with Gasteiger partial charge >= 0.3 is 6.18 Å². The van der Waals surface area contributed by atoms with E-state index in [-0.39, 0.29) is 28.3 Å². The van der Waals surface area contributed by atoms with Crippen molar-refractivity contribution < 1.29 is 31.1 Å². The molecule has 0 spiro atoms. The van der Waals surface area contributed by atoms with Gasteiger partial charge in [0.05, 0.1) is 19.2 Å². The molecule has 2 rings (SSSR count). The van der Waals surface area contributed by atoms with Crippen LogP contribution in [0.3, 0.4) is 0 Å². The predicted octanol–water partition coefficient (Wildman–Crippen LogP) is 2.75. The molecule has 30 heavy (non-hydrogen) atoms. The average molecular weight is 440 g/mol. The second-order valence-corrected chi connectivity index (χ2v) is 8.34. The lowest BCUT2D eigenvalue weighted by Gasteiger charge is -2.15. The molecule has 2 aromatic carbocycles. The van der Waals surface area contributed by atoms with Gasteiger partial charge in [-0.3, -0.25) is 4.79 Å². The highest BCUT2D eigenvalue weighted by Crippen LogP contribution is 2.29. The number of ether oxygens (including phenoxy) is 1. The first-order chi connectivity index (χ1) is 14.0. The minimum atomic E-state index is -4.47. The van der Waals surface area contributed by atoms with E-state index in [1.54, 1.807) is 0 Å². The van der Waals surface area contributed by atoms with Gasteiger partial charge in [0.25, 0.3) is 5.91 Å². The van der Waals surface area contributed by atoms with Gasteiger partial charge in [-0.05, 0) is 36.4 Å². The summed E-state index contributed by atoms with van der Waals surface area (Å²) in [6.07, 6.45) is -4.47. The van der Waals surface area contributed by atoms with Crippen LogP contribution in [0.4, 0.5) is 13.2 Å². The number of sulfonamides is 1. The van der Waals surface area contributed by atoms with Gasteiger partial charge in [-0.25, -0.2) is 12.7 Å². The fraction of sp³-hybridized carbons (Fsp3) is 0.250. The van der Waals surface area contributed by atoms with Crippen molar-refractivity contribution in [1.29, 1.82) is 0 Å². The number of nitrogens with one attached hydrogen (secondary N) is 1. The molecule has 0 radical (unpaired) electrons. The Morgan fingerprint density at radius 1 is 1.17 bits per heavy atom. The molecule has 0 saturated carbocycles. The van der Waals surface area contributed by atoms with Crippen molar-refractivity contribution in [3.63, 3.8) is 0 Å². The number of hydrogen-bond donors (Lipinski definition) is 1. The standard InChI is InChI=1S/C20H19F3N2O4S/c1-25(2)30(27,28)18-13-15(9-10-17(18)29-3)19(26)24-11-5-7-14-6-4-8-16(12-14)20(21,22)23/h4,6,8-10,12-13H,11H2,1-3H3,(H,24,26). The van der Waals surface area contributed by atoms with Gasteiger partial charge in [-0.1, -0.05) is 17.9 Å². The Hall–Kier alpha value is -3.03. The van der Waals surface area contributed by atoms with E-state index in [1.165, 1.54) is 51.5 Å². The third-order valence-electron chi connectivity index (χ3n) is 3.94. The van der Waals surface area contributed by atoms with Gasteiger partial charge in [0, 0.05) is 25.2 Å². The largest absolute Gasteiger partial charge is 0.495 e. The summed E-state index contributed by atoms with van der Waals surface area (Å²) in [5.74, 6) is 4.61. The van der Waals surface area contributed by atoms with Crippen molar-refractivity contribution in [2.24, 2.45) is 0 Å². The van der Waals surface area contributed by atoms with Crippen LogP contribution in [-0.4, -0.2) is 46.4 Å². The molecule has 0 aliphatic rings. The number of carbonyl (C=O) groups is 1. The number of amides is 1. The Bertz CT molecular complexity index is 1100. The third kappa shape index (κ3) is 5.52. The summed E-state index contributed by atoms with van der Waals surface area (Å²) >= 11 is 0. The summed E-state index contributed by atoms with van der Waals surface area (Å²) in [6.45, 7) is -0.142. The molecule has 0 fully saturated rings. The number of halogens is 3. The smallest absolute Gasteiger partial charge is 0.416 e. The molecule has 0 aliphatic heterocycles. The molecular formula is C20H19F3N2O4S. The second kappa shape index (κ2) is 9.19. The fourth-order valence-corrected chi connectivity index (χ4v) is 3.44. The molecule has 0 aromatic heterocycles. The maximum Gasteiger partial charge on any atom is 0.416 e. The summed E-state index contributed by atoms with van der Waals surface area (Å²) in [7, 11) is 0.172. The molecule has 10 heteroatoms. The molecule has 2 aromatic rings. The maximum absolute atomic E-state index is 12.7. The molecule has 1 amide bonds. The maximum atomic E-state index is 12.7. The van der Waals surface area contributed by atoms with Gasteiger partial charge in [-0.2, -0.15) is 13.2 Å². The Morgan fingerprint density at radius 3 is 2.47 bits per heavy atom. The molecular weight excluding hydrogens is 421 g/mol. The zero-order valence-electron chi connectivity index (χ0n) is 16.4. The molecule has 0 heterocycles. The molecule has 160 valence electrons. The Labute approximate surface area is 172 Å². The van der Waals surface area contributed by atoms with E-state index in [1.807, 2.05) is 0 Å².